The van der Waals surface area contributed by atoms with E-state index in [-0.39, 0.29) is 25.6 Å². The van der Waals surface area contributed by atoms with Crippen LogP contribution in [0.25, 0.3) is 0 Å². The minimum Gasteiger partial charge on any atom is -0.460 e. The standard InChI is InChI=1S/C8H10O5/c1-2-13-8(11)7(10)5-3-12-4-6(5)9/h5H,2-4H2,1H3. The number of ether oxygens (including phenoxy) is 2. The van der Waals surface area contributed by atoms with E-state index >= 15 is 0 Å². The van der Waals surface area contributed by atoms with E-state index in [4.69, 9.17) is 4.74 Å². The summed E-state index contributed by atoms with van der Waals surface area (Å²) in [5.74, 6) is -3.05. The van der Waals surface area contributed by atoms with Crippen molar-refractivity contribution in [2.24, 2.45) is 5.92 Å². The molecular formula is C8H10O5. The highest BCUT2D eigenvalue weighted by molar-refractivity contribution is 6.38. The van der Waals surface area contributed by atoms with Crippen LogP contribution in [0.3, 0.4) is 0 Å². The molecule has 0 aromatic heterocycles. The molecule has 0 aromatic carbocycles. The van der Waals surface area contributed by atoms with Crippen LogP contribution < -0.4 is 0 Å². The Labute approximate surface area is 75.0 Å². The molecule has 0 spiro atoms. The van der Waals surface area contributed by atoms with Crippen molar-refractivity contribution < 1.29 is 23.9 Å². The molecule has 1 atom stereocenters. The van der Waals surface area contributed by atoms with Gasteiger partial charge in [-0.1, -0.05) is 0 Å². The molecular weight excluding hydrogens is 176 g/mol. The Morgan fingerprint density at radius 3 is 2.77 bits per heavy atom. The molecule has 5 nitrogen and oxygen atoms in total. The Hall–Kier alpha value is -1.23. The molecule has 0 aromatic rings. The van der Waals surface area contributed by atoms with Crippen molar-refractivity contribution in [2.75, 3.05) is 19.8 Å². The van der Waals surface area contributed by atoms with Gasteiger partial charge >= 0.3 is 5.97 Å². The van der Waals surface area contributed by atoms with Gasteiger partial charge in [-0.15, -0.1) is 0 Å². The summed E-state index contributed by atoms with van der Waals surface area (Å²) in [6.07, 6.45) is 0. The van der Waals surface area contributed by atoms with E-state index in [9.17, 15) is 14.4 Å². The van der Waals surface area contributed by atoms with Gasteiger partial charge < -0.3 is 9.47 Å². The topological polar surface area (TPSA) is 69.7 Å². The van der Waals surface area contributed by atoms with E-state index in [1.807, 2.05) is 0 Å². The minimum atomic E-state index is -0.952. The van der Waals surface area contributed by atoms with Crippen LogP contribution in [-0.4, -0.2) is 37.4 Å². The van der Waals surface area contributed by atoms with Gasteiger partial charge in [0.2, 0.25) is 0 Å². The first-order valence-corrected chi connectivity index (χ1v) is 3.98. The summed E-state index contributed by atoms with van der Waals surface area (Å²) >= 11 is 0. The molecule has 1 heterocycles. The van der Waals surface area contributed by atoms with Gasteiger partial charge in [0.25, 0.3) is 5.78 Å². The first kappa shape index (κ1) is 9.85. The highest BCUT2D eigenvalue weighted by Gasteiger charge is 2.36. The van der Waals surface area contributed by atoms with Crippen molar-refractivity contribution >= 4 is 17.5 Å². The zero-order chi connectivity index (χ0) is 9.84. The molecule has 1 unspecified atom stereocenters. The SMILES string of the molecule is CCOC(=O)C(=O)C1COCC1=O. The smallest absolute Gasteiger partial charge is 0.375 e. The Morgan fingerprint density at radius 1 is 1.62 bits per heavy atom. The molecule has 0 radical (unpaired) electrons. The summed E-state index contributed by atoms with van der Waals surface area (Å²) in [5.41, 5.74) is 0. The number of esters is 1. The van der Waals surface area contributed by atoms with Crippen molar-refractivity contribution in [3.05, 3.63) is 0 Å². The summed E-state index contributed by atoms with van der Waals surface area (Å²) in [7, 11) is 0. The van der Waals surface area contributed by atoms with E-state index in [1.54, 1.807) is 6.92 Å². The molecule has 5 heteroatoms. The van der Waals surface area contributed by atoms with Crippen molar-refractivity contribution in [3.8, 4) is 0 Å². The second kappa shape index (κ2) is 4.13. The van der Waals surface area contributed by atoms with Gasteiger partial charge in [0, 0.05) is 0 Å². The number of ketones is 2. The highest BCUT2D eigenvalue weighted by Crippen LogP contribution is 2.10. The van der Waals surface area contributed by atoms with Gasteiger partial charge in [0.05, 0.1) is 13.2 Å². The largest absolute Gasteiger partial charge is 0.460 e. The summed E-state index contributed by atoms with van der Waals surface area (Å²) in [6.45, 7) is 1.64. The van der Waals surface area contributed by atoms with E-state index in [0.717, 1.165) is 0 Å². The average Bonchev–Trinajstić information content (AvgIpc) is 2.50. The van der Waals surface area contributed by atoms with Crippen LogP contribution >= 0.6 is 0 Å². The number of carbonyl (C=O) groups excluding carboxylic acids is 3. The predicted octanol–water partition coefficient (Wildman–Crippen LogP) is -0.666. The fourth-order valence-electron chi connectivity index (χ4n) is 1.04. The molecule has 72 valence electrons. The van der Waals surface area contributed by atoms with Crippen LogP contribution in [0.4, 0.5) is 0 Å². The lowest BCUT2D eigenvalue weighted by atomic mass is 10.0. The first-order chi connectivity index (χ1) is 6.16. The molecule has 0 bridgehead atoms. The quantitative estimate of drug-likeness (QED) is 0.332. The van der Waals surface area contributed by atoms with Crippen LogP contribution in [0.2, 0.25) is 0 Å². The summed E-state index contributed by atoms with van der Waals surface area (Å²) in [4.78, 5) is 33.0. The second-order valence-corrected chi connectivity index (χ2v) is 2.62. The number of hydrogen-bond donors (Lipinski definition) is 0. The molecule has 13 heavy (non-hydrogen) atoms. The fraction of sp³-hybridized carbons (Fsp3) is 0.625. The Kier molecular flexibility index (Phi) is 3.13. The average molecular weight is 186 g/mol. The molecule has 1 aliphatic heterocycles. The maximum Gasteiger partial charge on any atom is 0.375 e. The van der Waals surface area contributed by atoms with Crippen LogP contribution in [0.5, 0.6) is 0 Å². The lowest BCUT2D eigenvalue weighted by Crippen LogP contribution is -2.30. The molecule has 0 N–H and O–H groups in total. The second-order valence-electron chi connectivity index (χ2n) is 2.62. The van der Waals surface area contributed by atoms with Gasteiger partial charge in [-0.25, -0.2) is 4.79 Å². The van der Waals surface area contributed by atoms with Gasteiger partial charge in [-0.3, -0.25) is 9.59 Å². The highest BCUT2D eigenvalue weighted by atomic mass is 16.5. The maximum absolute atomic E-state index is 11.2. The molecule has 0 saturated carbocycles. The number of rotatable bonds is 3. The third kappa shape index (κ3) is 2.12. The summed E-state index contributed by atoms with van der Waals surface area (Å²) < 4.78 is 9.21. The van der Waals surface area contributed by atoms with Crippen molar-refractivity contribution in [2.45, 2.75) is 6.92 Å². The third-order valence-corrected chi connectivity index (χ3v) is 1.71. The number of carbonyl (C=O) groups is 3. The van der Waals surface area contributed by atoms with E-state index in [2.05, 4.69) is 4.74 Å². The minimum absolute atomic E-state index is 0.00349. The Bertz CT molecular complexity index is 245. The summed E-state index contributed by atoms with van der Waals surface area (Å²) in [5, 5.41) is 0. The first-order valence-electron chi connectivity index (χ1n) is 3.98. The zero-order valence-corrected chi connectivity index (χ0v) is 7.24. The number of Topliss-reactive ketones (excluding diaryl/α,β-unsaturated/α-hetero) is 2. The molecule has 1 fully saturated rings. The van der Waals surface area contributed by atoms with E-state index in [0.29, 0.717) is 0 Å². The van der Waals surface area contributed by atoms with Crippen LogP contribution in [0, 0.1) is 5.92 Å². The molecule has 0 amide bonds. The lowest BCUT2D eigenvalue weighted by Gasteiger charge is -2.03. The molecule has 0 aliphatic carbocycles. The van der Waals surface area contributed by atoms with Crippen LogP contribution in [-0.2, 0) is 23.9 Å². The third-order valence-electron chi connectivity index (χ3n) is 1.71. The van der Waals surface area contributed by atoms with Crippen LogP contribution in [0.1, 0.15) is 6.92 Å². The Balaban J connectivity index is 2.56. The number of hydrogen-bond acceptors (Lipinski definition) is 5. The fourth-order valence-corrected chi connectivity index (χ4v) is 1.04. The summed E-state index contributed by atoms with van der Waals surface area (Å²) in [6, 6.07) is 0. The van der Waals surface area contributed by atoms with E-state index < -0.39 is 17.7 Å². The van der Waals surface area contributed by atoms with Crippen molar-refractivity contribution in [1.82, 2.24) is 0 Å². The van der Waals surface area contributed by atoms with Crippen molar-refractivity contribution in [1.29, 1.82) is 0 Å². The van der Waals surface area contributed by atoms with Gasteiger partial charge in [-0.05, 0) is 6.92 Å². The zero-order valence-electron chi connectivity index (χ0n) is 7.24. The predicted molar refractivity (Wildman–Crippen MR) is 41.0 cm³/mol. The van der Waals surface area contributed by atoms with Gasteiger partial charge in [-0.2, -0.15) is 0 Å². The molecule has 1 saturated heterocycles. The molecule has 1 rings (SSSR count). The Morgan fingerprint density at radius 2 is 2.31 bits per heavy atom. The van der Waals surface area contributed by atoms with Crippen LogP contribution in [0.15, 0.2) is 0 Å². The van der Waals surface area contributed by atoms with Crippen molar-refractivity contribution in [3.63, 3.8) is 0 Å². The maximum atomic E-state index is 11.2. The lowest BCUT2D eigenvalue weighted by molar-refractivity contribution is -0.156. The van der Waals surface area contributed by atoms with Gasteiger partial charge in [0.15, 0.2) is 5.78 Å². The monoisotopic (exact) mass is 186 g/mol. The molecule has 1 aliphatic rings. The van der Waals surface area contributed by atoms with Gasteiger partial charge in [0.1, 0.15) is 12.5 Å². The van der Waals surface area contributed by atoms with E-state index in [1.165, 1.54) is 0 Å². The normalized spacial score (nSPS) is 21.6.